The number of rotatable bonds is 5. The maximum absolute atomic E-state index is 12.1. The van der Waals surface area contributed by atoms with Gasteiger partial charge in [0.05, 0.1) is 0 Å². The lowest BCUT2D eigenvalue weighted by Gasteiger charge is -2.22. The van der Waals surface area contributed by atoms with Gasteiger partial charge in [0, 0.05) is 0 Å². The van der Waals surface area contributed by atoms with E-state index >= 15 is 0 Å². The monoisotopic (exact) mass is 233 g/mol. The van der Waals surface area contributed by atoms with E-state index < -0.39 is 28.0 Å². The first-order valence-corrected chi connectivity index (χ1v) is 5.68. The summed E-state index contributed by atoms with van der Waals surface area (Å²) < 4.78 is 67.1. The van der Waals surface area contributed by atoms with Crippen molar-refractivity contribution in [2.75, 3.05) is 0 Å². The molecule has 0 bridgehead atoms. The van der Waals surface area contributed by atoms with Crippen molar-refractivity contribution < 1.29 is 26.1 Å². The highest BCUT2D eigenvalue weighted by molar-refractivity contribution is 7.86. The number of alkyl halides is 3. The van der Waals surface area contributed by atoms with Crippen molar-refractivity contribution >= 4 is 10.1 Å². The van der Waals surface area contributed by atoms with E-state index in [0.717, 1.165) is 0 Å². The SMILES string of the molecule is CCCCCC(C(F)(F)F)S(=O)(=O)[O-]. The van der Waals surface area contributed by atoms with Crippen LogP contribution in [0.4, 0.5) is 13.2 Å². The maximum atomic E-state index is 12.1. The van der Waals surface area contributed by atoms with E-state index in [1.807, 2.05) is 0 Å². The summed E-state index contributed by atoms with van der Waals surface area (Å²) in [7, 11) is -5.28. The molecule has 0 rings (SSSR count). The number of hydrogen-bond acceptors (Lipinski definition) is 3. The minimum absolute atomic E-state index is 0.0994. The van der Waals surface area contributed by atoms with Crippen LogP contribution < -0.4 is 0 Å². The number of halogens is 3. The van der Waals surface area contributed by atoms with Crippen molar-refractivity contribution in [3.05, 3.63) is 0 Å². The van der Waals surface area contributed by atoms with E-state index in [-0.39, 0.29) is 6.42 Å². The van der Waals surface area contributed by atoms with E-state index in [0.29, 0.717) is 12.8 Å². The molecule has 1 unspecified atom stereocenters. The van der Waals surface area contributed by atoms with Gasteiger partial charge in [-0.15, -0.1) is 0 Å². The lowest BCUT2D eigenvalue weighted by molar-refractivity contribution is -0.132. The van der Waals surface area contributed by atoms with Crippen LogP contribution in [-0.2, 0) is 10.1 Å². The van der Waals surface area contributed by atoms with Crippen molar-refractivity contribution in [2.24, 2.45) is 0 Å². The Morgan fingerprint density at radius 1 is 1.29 bits per heavy atom. The summed E-state index contributed by atoms with van der Waals surface area (Å²) in [6.45, 7) is 1.77. The van der Waals surface area contributed by atoms with Crippen LogP contribution in [0.2, 0.25) is 0 Å². The Kier molecular flexibility index (Phi) is 4.87. The normalized spacial score (nSPS) is 15.5. The Balaban J connectivity index is 4.45. The van der Waals surface area contributed by atoms with Crippen molar-refractivity contribution in [1.29, 1.82) is 0 Å². The summed E-state index contributed by atoms with van der Waals surface area (Å²) in [5.74, 6) is 0. The minimum atomic E-state index is -5.28. The summed E-state index contributed by atoms with van der Waals surface area (Å²) in [5, 5.41) is -2.75. The highest BCUT2D eigenvalue weighted by Crippen LogP contribution is 2.29. The summed E-state index contributed by atoms with van der Waals surface area (Å²) in [6.07, 6.45) is -4.33. The summed E-state index contributed by atoms with van der Waals surface area (Å²) in [4.78, 5) is 0. The zero-order valence-corrected chi connectivity index (χ0v) is 8.49. The molecule has 0 aromatic heterocycles. The Morgan fingerprint density at radius 2 is 1.79 bits per heavy atom. The van der Waals surface area contributed by atoms with Gasteiger partial charge in [-0.2, -0.15) is 13.2 Å². The fourth-order valence-corrected chi connectivity index (χ4v) is 1.83. The highest BCUT2D eigenvalue weighted by Gasteiger charge is 2.43. The van der Waals surface area contributed by atoms with Crippen LogP contribution in [-0.4, -0.2) is 24.4 Å². The molecule has 0 aliphatic rings. The fourth-order valence-electron chi connectivity index (χ4n) is 1.05. The molecule has 0 aromatic carbocycles. The van der Waals surface area contributed by atoms with Crippen LogP contribution in [0.3, 0.4) is 0 Å². The fraction of sp³-hybridized carbons (Fsp3) is 1.00. The predicted molar refractivity (Wildman–Crippen MR) is 43.7 cm³/mol. The first kappa shape index (κ1) is 13.7. The Hall–Kier alpha value is -0.300. The zero-order valence-electron chi connectivity index (χ0n) is 7.67. The van der Waals surface area contributed by atoms with Crippen LogP contribution in [0.25, 0.3) is 0 Å². The molecule has 86 valence electrons. The van der Waals surface area contributed by atoms with Gasteiger partial charge >= 0.3 is 6.18 Å². The van der Waals surface area contributed by atoms with Crippen LogP contribution >= 0.6 is 0 Å². The number of unbranched alkanes of at least 4 members (excludes halogenated alkanes) is 2. The molecule has 7 heteroatoms. The molecule has 0 aliphatic carbocycles. The van der Waals surface area contributed by atoms with Crippen LogP contribution in [0.1, 0.15) is 32.6 Å². The second kappa shape index (κ2) is 4.97. The van der Waals surface area contributed by atoms with Gasteiger partial charge in [-0.05, 0) is 6.42 Å². The third kappa shape index (κ3) is 4.80. The van der Waals surface area contributed by atoms with Gasteiger partial charge in [-0.1, -0.05) is 26.2 Å². The van der Waals surface area contributed by atoms with Gasteiger partial charge < -0.3 is 4.55 Å². The molecule has 0 radical (unpaired) electrons. The highest BCUT2D eigenvalue weighted by atomic mass is 32.2. The lowest BCUT2D eigenvalue weighted by atomic mass is 10.1. The van der Waals surface area contributed by atoms with E-state index in [4.69, 9.17) is 0 Å². The molecule has 14 heavy (non-hydrogen) atoms. The molecule has 0 amide bonds. The molecule has 0 spiro atoms. The van der Waals surface area contributed by atoms with E-state index in [1.54, 1.807) is 6.92 Å². The van der Waals surface area contributed by atoms with Gasteiger partial charge in [0.2, 0.25) is 0 Å². The third-order valence-corrected chi connectivity index (χ3v) is 2.98. The molecule has 1 atom stereocenters. The lowest BCUT2D eigenvalue weighted by Crippen LogP contribution is -2.36. The summed E-state index contributed by atoms with van der Waals surface area (Å²) in [6, 6.07) is 0. The smallest absolute Gasteiger partial charge is 0.404 e. The third-order valence-electron chi connectivity index (χ3n) is 1.78. The molecule has 3 nitrogen and oxygen atoms in total. The summed E-state index contributed by atoms with van der Waals surface area (Å²) in [5.41, 5.74) is 0. The number of hydrogen-bond donors (Lipinski definition) is 0. The second-order valence-corrected chi connectivity index (χ2v) is 4.57. The molecule has 0 aromatic rings. The van der Waals surface area contributed by atoms with Gasteiger partial charge in [0.1, 0.15) is 15.4 Å². The Bertz CT molecular complexity index is 258. The molecule has 0 aliphatic heterocycles. The molecule has 0 saturated heterocycles. The van der Waals surface area contributed by atoms with Crippen molar-refractivity contribution in [1.82, 2.24) is 0 Å². The first-order chi connectivity index (χ1) is 6.19. The van der Waals surface area contributed by atoms with Crippen LogP contribution in [0.5, 0.6) is 0 Å². The van der Waals surface area contributed by atoms with E-state index in [1.165, 1.54) is 0 Å². The Morgan fingerprint density at radius 3 is 2.07 bits per heavy atom. The topological polar surface area (TPSA) is 57.2 Å². The van der Waals surface area contributed by atoms with Crippen molar-refractivity contribution in [3.8, 4) is 0 Å². The molecule has 0 N–H and O–H groups in total. The molecular formula is C7H12F3O3S-. The van der Waals surface area contributed by atoms with Gasteiger partial charge in [0.25, 0.3) is 0 Å². The minimum Gasteiger partial charge on any atom is -0.747 e. The summed E-state index contributed by atoms with van der Waals surface area (Å²) >= 11 is 0. The van der Waals surface area contributed by atoms with E-state index in [2.05, 4.69) is 0 Å². The first-order valence-electron chi connectivity index (χ1n) is 4.21. The molecular weight excluding hydrogens is 221 g/mol. The molecule has 0 saturated carbocycles. The molecule has 0 heterocycles. The average Bonchev–Trinajstić information content (AvgIpc) is 1.92. The average molecular weight is 233 g/mol. The van der Waals surface area contributed by atoms with Gasteiger partial charge in [-0.25, -0.2) is 8.42 Å². The van der Waals surface area contributed by atoms with E-state index in [9.17, 15) is 26.1 Å². The van der Waals surface area contributed by atoms with Crippen molar-refractivity contribution in [2.45, 2.75) is 44.0 Å². The standard InChI is InChI=1S/C7H13F3O3S/c1-2-3-4-5-6(7(8,9)10)14(11,12)13/h6H,2-5H2,1H3,(H,11,12,13)/p-1. The molecule has 0 fully saturated rings. The largest absolute Gasteiger partial charge is 0.747 e. The maximum Gasteiger partial charge on any atom is 0.404 e. The second-order valence-electron chi connectivity index (χ2n) is 3.02. The van der Waals surface area contributed by atoms with Crippen molar-refractivity contribution in [3.63, 3.8) is 0 Å². The van der Waals surface area contributed by atoms with Crippen LogP contribution in [0, 0.1) is 0 Å². The van der Waals surface area contributed by atoms with Crippen LogP contribution in [0.15, 0.2) is 0 Å². The van der Waals surface area contributed by atoms with Gasteiger partial charge in [0.15, 0.2) is 0 Å². The predicted octanol–water partition coefficient (Wildman–Crippen LogP) is 2.04. The Labute approximate surface area is 81.1 Å². The van der Waals surface area contributed by atoms with Gasteiger partial charge in [-0.3, -0.25) is 0 Å². The quantitative estimate of drug-likeness (QED) is 0.539. The zero-order chi connectivity index (χ0) is 11.4.